The molecule has 2 N–H and O–H groups in total. The number of benzene rings is 2. The van der Waals surface area contributed by atoms with Crippen LogP contribution in [0.25, 0.3) is 5.69 Å². The van der Waals surface area contributed by atoms with E-state index in [1.54, 1.807) is 18.2 Å². The molecule has 0 saturated heterocycles. The van der Waals surface area contributed by atoms with Crippen LogP contribution in [0, 0.1) is 0 Å². The number of carbonyl (C=O) groups excluding carboxylic acids is 1. The van der Waals surface area contributed by atoms with E-state index in [0.29, 0.717) is 16.9 Å². The first kappa shape index (κ1) is 13.5. The number of para-hydroxylation sites is 1. The van der Waals surface area contributed by atoms with Crippen molar-refractivity contribution in [3.05, 3.63) is 70.5 Å². The van der Waals surface area contributed by atoms with Gasteiger partial charge < -0.3 is 5.73 Å². The first-order valence-corrected chi connectivity index (χ1v) is 7.02. The summed E-state index contributed by atoms with van der Waals surface area (Å²) in [5.74, 6) is -0.214. The zero-order chi connectivity index (χ0) is 14.8. The average Bonchev–Trinajstić information content (AvgIpc) is 2.97. The van der Waals surface area contributed by atoms with Crippen molar-refractivity contribution in [3.8, 4) is 5.69 Å². The highest BCUT2D eigenvalue weighted by Gasteiger charge is 2.18. The molecule has 0 aliphatic rings. The minimum atomic E-state index is -0.214. The maximum atomic E-state index is 12.6. The van der Waals surface area contributed by atoms with Crippen molar-refractivity contribution in [1.29, 1.82) is 0 Å². The summed E-state index contributed by atoms with van der Waals surface area (Å²) in [7, 11) is 0. The molecule has 21 heavy (non-hydrogen) atoms. The Morgan fingerprint density at radius 2 is 1.90 bits per heavy atom. The van der Waals surface area contributed by atoms with Gasteiger partial charge in [-0.1, -0.05) is 39.3 Å². The van der Waals surface area contributed by atoms with Crippen LogP contribution >= 0.6 is 15.9 Å². The second kappa shape index (κ2) is 5.49. The van der Waals surface area contributed by atoms with Crippen LogP contribution in [0.15, 0.2) is 59.2 Å². The number of hydrogen-bond donors (Lipinski definition) is 1. The molecule has 0 aliphatic carbocycles. The lowest BCUT2D eigenvalue weighted by molar-refractivity contribution is 0.103. The largest absolute Gasteiger partial charge is 0.398 e. The van der Waals surface area contributed by atoms with Gasteiger partial charge in [-0.25, -0.2) is 4.68 Å². The molecule has 0 aliphatic heterocycles. The molecular formula is C15H11BrN4O. The minimum Gasteiger partial charge on any atom is -0.398 e. The number of hydrogen-bond acceptors (Lipinski definition) is 4. The monoisotopic (exact) mass is 342 g/mol. The Hall–Kier alpha value is -2.47. The SMILES string of the molecule is Nc1cc(Br)ccc1C(=O)c1cnnn1-c1ccccc1. The lowest BCUT2D eigenvalue weighted by Crippen LogP contribution is -2.11. The molecular weight excluding hydrogens is 332 g/mol. The molecule has 0 spiro atoms. The summed E-state index contributed by atoms with van der Waals surface area (Å²) < 4.78 is 2.33. The molecule has 0 fully saturated rings. The molecule has 3 aromatic rings. The highest BCUT2D eigenvalue weighted by Crippen LogP contribution is 2.22. The summed E-state index contributed by atoms with van der Waals surface area (Å²) in [6.45, 7) is 0. The number of nitrogen functional groups attached to an aromatic ring is 1. The van der Waals surface area contributed by atoms with Crippen molar-refractivity contribution in [1.82, 2.24) is 15.0 Å². The maximum Gasteiger partial charge on any atom is 0.215 e. The van der Waals surface area contributed by atoms with Gasteiger partial charge in [0.1, 0.15) is 5.69 Å². The maximum absolute atomic E-state index is 12.6. The number of ketones is 1. The molecule has 0 unspecified atom stereocenters. The van der Waals surface area contributed by atoms with E-state index in [1.165, 1.54) is 10.9 Å². The molecule has 6 heteroatoms. The predicted octanol–water partition coefficient (Wildman–Crippen LogP) is 2.84. The van der Waals surface area contributed by atoms with E-state index in [0.717, 1.165) is 10.2 Å². The number of anilines is 1. The van der Waals surface area contributed by atoms with Crippen molar-refractivity contribution in [2.45, 2.75) is 0 Å². The van der Waals surface area contributed by atoms with E-state index in [2.05, 4.69) is 26.2 Å². The summed E-state index contributed by atoms with van der Waals surface area (Å²) in [6.07, 6.45) is 1.44. The van der Waals surface area contributed by atoms with Gasteiger partial charge in [0.05, 0.1) is 11.9 Å². The fraction of sp³-hybridized carbons (Fsp3) is 0. The summed E-state index contributed by atoms with van der Waals surface area (Å²) in [5, 5.41) is 7.81. The number of halogens is 1. The molecule has 0 atom stereocenters. The quantitative estimate of drug-likeness (QED) is 0.586. The van der Waals surface area contributed by atoms with Crippen LogP contribution in [0.1, 0.15) is 16.1 Å². The number of nitrogens with zero attached hydrogens (tertiary/aromatic N) is 3. The Morgan fingerprint density at radius 3 is 2.62 bits per heavy atom. The van der Waals surface area contributed by atoms with Gasteiger partial charge in [-0.3, -0.25) is 4.79 Å². The number of nitrogens with two attached hydrogens (primary N) is 1. The molecule has 0 saturated carbocycles. The first-order chi connectivity index (χ1) is 10.2. The van der Waals surface area contributed by atoms with Crippen LogP contribution in [0.2, 0.25) is 0 Å². The molecule has 5 nitrogen and oxygen atoms in total. The first-order valence-electron chi connectivity index (χ1n) is 6.22. The lowest BCUT2D eigenvalue weighted by Gasteiger charge is -2.07. The van der Waals surface area contributed by atoms with Crippen molar-refractivity contribution in [2.75, 3.05) is 5.73 Å². The zero-order valence-electron chi connectivity index (χ0n) is 10.9. The summed E-state index contributed by atoms with van der Waals surface area (Å²) in [4.78, 5) is 12.6. The van der Waals surface area contributed by atoms with Gasteiger partial charge in [-0.2, -0.15) is 0 Å². The van der Waals surface area contributed by atoms with Crippen LogP contribution in [-0.4, -0.2) is 20.8 Å². The van der Waals surface area contributed by atoms with Crippen LogP contribution in [0.5, 0.6) is 0 Å². The van der Waals surface area contributed by atoms with E-state index in [-0.39, 0.29) is 5.78 Å². The van der Waals surface area contributed by atoms with Crippen molar-refractivity contribution < 1.29 is 4.79 Å². The van der Waals surface area contributed by atoms with E-state index in [9.17, 15) is 4.79 Å². The minimum absolute atomic E-state index is 0.214. The van der Waals surface area contributed by atoms with Gasteiger partial charge in [0, 0.05) is 15.7 Å². The molecule has 104 valence electrons. The standard InChI is InChI=1S/C15H11BrN4O/c16-10-6-7-12(13(17)8-10)15(21)14-9-18-19-20(14)11-4-2-1-3-5-11/h1-9H,17H2. The highest BCUT2D eigenvalue weighted by atomic mass is 79.9. The van der Waals surface area contributed by atoms with Gasteiger partial charge >= 0.3 is 0 Å². The zero-order valence-corrected chi connectivity index (χ0v) is 12.5. The highest BCUT2D eigenvalue weighted by molar-refractivity contribution is 9.10. The normalized spacial score (nSPS) is 10.5. The Labute approximate surface area is 129 Å². The van der Waals surface area contributed by atoms with E-state index in [4.69, 9.17) is 5.73 Å². The van der Waals surface area contributed by atoms with E-state index < -0.39 is 0 Å². The van der Waals surface area contributed by atoms with Crippen molar-refractivity contribution in [2.24, 2.45) is 0 Å². The van der Waals surface area contributed by atoms with Crippen molar-refractivity contribution in [3.63, 3.8) is 0 Å². The molecule has 1 aromatic heterocycles. The van der Waals surface area contributed by atoms with Crippen LogP contribution in [0.3, 0.4) is 0 Å². The summed E-state index contributed by atoms with van der Waals surface area (Å²) in [6, 6.07) is 14.5. The molecule has 2 aromatic carbocycles. The van der Waals surface area contributed by atoms with Gasteiger partial charge in [-0.05, 0) is 30.3 Å². The molecule has 0 bridgehead atoms. The second-order valence-electron chi connectivity index (χ2n) is 4.43. The Bertz CT molecular complexity index is 798. The average molecular weight is 343 g/mol. The number of aromatic nitrogens is 3. The van der Waals surface area contributed by atoms with Gasteiger partial charge in [0.15, 0.2) is 0 Å². The third-order valence-electron chi connectivity index (χ3n) is 3.04. The fourth-order valence-electron chi connectivity index (χ4n) is 2.03. The predicted molar refractivity (Wildman–Crippen MR) is 83.3 cm³/mol. The molecule has 1 heterocycles. The molecule has 0 radical (unpaired) electrons. The Kier molecular flexibility index (Phi) is 3.53. The van der Waals surface area contributed by atoms with Gasteiger partial charge in [-0.15, -0.1) is 5.10 Å². The third kappa shape index (κ3) is 2.57. The number of carbonyl (C=O) groups is 1. The fourth-order valence-corrected chi connectivity index (χ4v) is 2.41. The number of rotatable bonds is 3. The Balaban J connectivity index is 2.06. The lowest BCUT2D eigenvalue weighted by atomic mass is 10.1. The van der Waals surface area contributed by atoms with E-state index in [1.807, 2.05) is 30.3 Å². The summed E-state index contributed by atoms with van der Waals surface area (Å²) in [5.41, 5.74) is 7.90. The molecule has 3 rings (SSSR count). The summed E-state index contributed by atoms with van der Waals surface area (Å²) >= 11 is 3.32. The topological polar surface area (TPSA) is 73.8 Å². The van der Waals surface area contributed by atoms with Crippen LogP contribution in [-0.2, 0) is 0 Å². The van der Waals surface area contributed by atoms with Crippen molar-refractivity contribution >= 4 is 27.4 Å². The van der Waals surface area contributed by atoms with Crippen LogP contribution < -0.4 is 5.73 Å². The second-order valence-corrected chi connectivity index (χ2v) is 5.34. The Morgan fingerprint density at radius 1 is 1.14 bits per heavy atom. The van der Waals surface area contributed by atoms with Gasteiger partial charge in [0.25, 0.3) is 0 Å². The van der Waals surface area contributed by atoms with Crippen LogP contribution in [0.4, 0.5) is 5.69 Å². The third-order valence-corrected chi connectivity index (χ3v) is 3.53. The smallest absolute Gasteiger partial charge is 0.215 e. The molecule has 0 amide bonds. The van der Waals surface area contributed by atoms with E-state index >= 15 is 0 Å². The van der Waals surface area contributed by atoms with Gasteiger partial charge in [0.2, 0.25) is 5.78 Å².